The molecule has 0 aliphatic rings. The molecule has 0 unspecified atom stereocenters. The largest absolute Gasteiger partial charge is 0.382 e. The molecule has 0 fully saturated rings. The van der Waals surface area contributed by atoms with Crippen molar-refractivity contribution in [1.82, 2.24) is 5.32 Å². The van der Waals surface area contributed by atoms with Crippen molar-refractivity contribution in [3.63, 3.8) is 0 Å². The number of benzene rings is 1. The first-order valence-corrected chi connectivity index (χ1v) is 6.33. The SMILES string of the molecule is CCOCCCNCCOCc1ccccc1. The molecule has 0 heterocycles. The van der Waals surface area contributed by atoms with E-state index in [1.54, 1.807) is 0 Å². The molecule has 0 aliphatic carbocycles. The van der Waals surface area contributed by atoms with Crippen molar-refractivity contribution in [2.45, 2.75) is 20.0 Å². The van der Waals surface area contributed by atoms with Crippen LogP contribution in [0.4, 0.5) is 0 Å². The molecule has 0 amide bonds. The third-order valence-electron chi connectivity index (χ3n) is 2.38. The average Bonchev–Trinajstić information content (AvgIpc) is 2.38. The monoisotopic (exact) mass is 237 g/mol. The summed E-state index contributed by atoms with van der Waals surface area (Å²) in [6.45, 7) is 7.01. The van der Waals surface area contributed by atoms with Gasteiger partial charge < -0.3 is 14.8 Å². The van der Waals surface area contributed by atoms with Crippen LogP contribution in [0.2, 0.25) is 0 Å². The van der Waals surface area contributed by atoms with Gasteiger partial charge in [-0.3, -0.25) is 0 Å². The molecule has 0 saturated carbocycles. The molecule has 1 rings (SSSR count). The van der Waals surface area contributed by atoms with Gasteiger partial charge in [0.25, 0.3) is 0 Å². The van der Waals surface area contributed by atoms with Crippen LogP contribution in [-0.4, -0.2) is 32.9 Å². The summed E-state index contributed by atoms with van der Waals surface area (Å²) in [4.78, 5) is 0. The minimum atomic E-state index is 0.696. The molecule has 3 heteroatoms. The van der Waals surface area contributed by atoms with Gasteiger partial charge in [0.15, 0.2) is 0 Å². The van der Waals surface area contributed by atoms with Crippen LogP contribution in [0, 0.1) is 0 Å². The van der Waals surface area contributed by atoms with E-state index in [-0.39, 0.29) is 0 Å². The van der Waals surface area contributed by atoms with Crippen molar-refractivity contribution in [1.29, 1.82) is 0 Å². The fourth-order valence-electron chi connectivity index (χ4n) is 1.48. The Labute approximate surface area is 104 Å². The van der Waals surface area contributed by atoms with Crippen molar-refractivity contribution in [3.05, 3.63) is 35.9 Å². The van der Waals surface area contributed by atoms with E-state index in [0.717, 1.165) is 39.3 Å². The van der Waals surface area contributed by atoms with Crippen LogP contribution in [0.3, 0.4) is 0 Å². The van der Waals surface area contributed by atoms with Gasteiger partial charge in [-0.1, -0.05) is 30.3 Å². The second kappa shape index (κ2) is 10.3. The van der Waals surface area contributed by atoms with Gasteiger partial charge in [-0.25, -0.2) is 0 Å². The second-order valence-corrected chi connectivity index (χ2v) is 3.84. The predicted molar refractivity (Wildman–Crippen MR) is 70.1 cm³/mol. The van der Waals surface area contributed by atoms with E-state index in [0.29, 0.717) is 6.61 Å². The highest BCUT2D eigenvalue weighted by Crippen LogP contribution is 1.99. The summed E-state index contributed by atoms with van der Waals surface area (Å²) >= 11 is 0. The van der Waals surface area contributed by atoms with Gasteiger partial charge >= 0.3 is 0 Å². The molecule has 0 aromatic heterocycles. The lowest BCUT2D eigenvalue weighted by molar-refractivity contribution is 0.120. The standard InChI is InChI=1S/C14H23NO2/c1-2-16-11-6-9-15-10-12-17-13-14-7-4-3-5-8-14/h3-5,7-8,15H,2,6,9-13H2,1H3. The first kappa shape index (κ1) is 14.2. The maximum Gasteiger partial charge on any atom is 0.0717 e. The van der Waals surface area contributed by atoms with E-state index in [1.165, 1.54) is 5.56 Å². The summed E-state index contributed by atoms with van der Waals surface area (Å²) in [5.41, 5.74) is 1.23. The lowest BCUT2D eigenvalue weighted by atomic mass is 10.2. The minimum absolute atomic E-state index is 0.696. The smallest absolute Gasteiger partial charge is 0.0717 e. The Morgan fingerprint density at radius 2 is 1.82 bits per heavy atom. The van der Waals surface area contributed by atoms with E-state index >= 15 is 0 Å². The van der Waals surface area contributed by atoms with Crippen molar-refractivity contribution in [2.75, 3.05) is 32.9 Å². The van der Waals surface area contributed by atoms with Crippen LogP contribution in [0.5, 0.6) is 0 Å². The van der Waals surface area contributed by atoms with Gasteiger partial charge in [0.1, 0.15) is 0 Å². The first-order valence-electron chi connectivity index (χ1n) is 6.33. The molecule has 1 aromatic carbocycles. The number of ether oxygens (including phenoxy) is 2. The Hall–Kier alpha value is -0.900. The highest BCUT2D eigenvalue weighted by molar-refractivity contribution is 5.13. The molecule has 0 bridgehead atoms. The van der Waals surface area contributed by atoms with E-state index in [4.69, 9.17) is 9.47 Å². The van der Waals surface area contributed by atoms with Gasteiger partial charge in [0, 0.05) is 19.8 Å². The molecule has 3 nitrogen and oxygen atoms in total. The molecule has 0 radical (unpaired) electrons. The summed E-state index contributed by atoms with van der Waals surface area (Å²) < 4.78 is 10.8. The second-order valence-electron chi connectivity index (χ2n) is 3.84. The van der Waals surface area contributed by atoms with Crippen LogP contribution in [0.25, 0.3) is 0 Å². The van der Waals surface area contributed by atoms with E-state index in [2.05, 4.69) is 17.4 Å². The summed E-state index contributed by atoms with van der Waals surface area (Å²) in [5, 5.41) is 3.33. The van der Waals surface area contributed by atoms with Crippen LogP contribution in [0.15, 0.2) is 30.3 Å². The van der Waals surface area contributed by atoms with Crippen LogP contribution >= 0.6 is 0 Å². The summed E-state index contributed by atoms with van der Waals surface area (Å²) in [6.07, 6.45) is 1.06. The summed E-state index contributed by atoms with van der Waals surface area (Å²) in [5.74, 6) is 0. The van der Waals surface area contributed by atoms with Gasteiger partial charge in [-0.05, 0) is 25.5 Å². The molecule has 17 heavy (non-hydrogen) atoms. The van der Waals surface area contributed by atoms with Crippen molar-refractivity contribution in [3.8, 4) is 0 Å². The number of hydrogen-bond acceptors (Lipinski definition) is 3. The Morgan fingerprint density at radius 3 is 2.59 bits per heavy atom. The Balaban J connectivity index is 1.85. The van der Waals surface area contributed by atoms with E-state index in [1.807, 2.05) is 25.1 Å². The molecule has 96 valence electrons. The lowest BCUT2D eigenvalue weighted by Crippen LogP contribution is -2.21. The van der Waals surface area contributed by atoms with Gasteiger partial charge in [0.05, 0.1) is 13.2 Å². The Kier molecular flexibility index (Phi) is 8.55. The fraction of sp³-hybridized carbons (Fsp3) is 0.571. The third kappa shape index (κ3) is 7.91. The summed E-state index contributed by atoms with van der Waals surface area (Å²) in [6, 6.07) is 10.2. The zero-order valence-electron chi connectivity index (χ0n) is 10.7. The van der Waals surface area contributed by atoms with Crippen LogP contribution in [0.1, 0.15) is 18.9 Å². The third-order valence-corrected chi connectivity index (χ3v) is 2.38. The summed E-state index contributed by atoms with van der Waals surface area (Å²) in [7, 11) is 0. The molecule has 1 aromatic rings. The molecule has 0 saturated heterocycles. The fourth-order valence-corrected chi connectivity index (χ4v) is 1.48. The minimum Gasteiger partial charge on any atom is -0.382 e. The van der Waals surface area contributed by atoms with Gasteiger partial charge in [0.2, 0.25) is 0 Å². The number of hydrogen-bond donors (Lipinski definition) is 1. The molecule has 1 N–H and O–H groups in total. The highest BCUT2D eigenvalue weighted by Gasteiger charge is 1.92. The van der Waals surface area contributed by atoms with Crippen molar-refractivity contribution in [2.24, 2.45) is 0 Å². The molecule has 0 atom stereocenters. The molecular formula is C14H23NO2. The van der Waals surface area contributed by atoms with Crippen molar-refractivity contribution < 1.29 is 9.47 Å². The molecule has 0 spiro atoms. The zero-order chi connectivity index (χ0) is 12.2. The number of rotatable bonds is 10. The normalized spacial score (nSPS) is 10.6. The van der Waals surface area contributed by atoms with Crippen LogP contribution < -0.4 is 5.32 Å². The first-order chi connectivity index (χ1) is 8.43. The maximum absolute atomic E-state index is 5.55. The van der Waals surface area contributed by atoms with Crippen LogP contribution in [-0.2, 0) is 16.1 Å². The number of nitrogens with one attached hydrogen (secondary N) is 1. The van der Waals surface area contributed by atoms with E-state index in [9.17, 15) is 0 Å². The Bertz CT molecular complexity index is 264. The molecule has 0 aliphatic heterocycles. The molecular weight excluding hydrogens is 214 g/mol. The predicted octanol–water partition coefficient (Wildman–Crippen LogP) is 2.22. The van der Waals surface area contributed by atoms with E-state index < -0.39 is 0 Å². The Morgan fingerprint density at radius 1 is 1.00 bits per heavy atom. The quantitative estimate of drug-likeness (QED) is 0.633. The highest BCUT2D eigenvalue weighted by atomic mass is 16.5. The zero-order valence-corrected chi connectivity index (χ0v) is 10.7. The van der Waals surface area contributed by atoms with Gasteiger partial charge in [-0.15, -0.1) is 0 Å². The van der Waals surface area contributed by atoms with Crippen molar-refractivity contribution >= 4 is 0 Å². The topological polar surface area (TPSA) is 30.5 Å². The van der Waals surface area contributed by atoms with Gasteiger partial charge in [-0.2, -0.15) is 0 Å². The average molecular weight is 237 g/mol. The lowest BCUT2D eigenvalue weighted by Gasteiger charge is -2.06. The maximum atomic E-state index is 5.55.